The van der Waals surface area contributed by atoms with E-state index in [-0.39, 0.29) is 0 Å². The maximum Gasteiger partial charge on any atom is 0.117 e. The van der Waals surface area contributed by atoms with Gasteiger partial charge < -0.3 is 5.11 Å². The van der Waals surface area contributed by atoms with Gasteiger partial charge in [-0.2, -0.15) is 0 Å². The van der Waals surface area contributed by atoms with Crippen LogP contribution in [-0.4, -0.2) is 10.1 Å². The molecule has 0 bridgehead atoms. The molecule has 0 amide bonds. The van der Waals surface area contributed by atoms with Crippen LogP contribution in [0.5, 0.6) is 0 Å². The highest BCUT2D eigenvalue weighted by molar-refractivity contribution is 5.83. The van der Waals surface area contributed by atoms with Gasteiger partial charge in [0.15, 0.2) is 0 Å². The van der Waals surface area contributed by atoms with Crippen LogP contribution in [0.1, 0.15) is 30.9 Å². The van der Waals surface area contributed by atoms with E-state index in [2.05, 4.69) is 11.9 Å². The Bertz CT molecular complexity index is 733. The highest BCUT2D eigenvalue weighted by atomic mass is 16.3. The number of hydrogen-bond donors (Lipinski definition) is 1. The van der Waals surface area contributed by atoms with Crippen LogP contribution in [0.4, 0.5) is 0 Å². The van der Waals surface area contributed by atoms with Crippen molar-refractivity contribution < 1.29 is 5.11 Å². The fourth-order valence-electron chi connectivity index (χ4n) is 2.95. The van der Waals surface area contributed by atoms with E-state index < -0.39 is 5.60 Å². The van der Waals surface area contributed by atoms with Gasteiger partial charge in [-0.25, -0.2) is 0 Å². The first-order valence-electron chi connectivity index (χ1n) is 7.38. The Morgan fingerprint density at radius 1 is 0.952 bits per heavy atom. The van der Waals surface area contributed by atoms with Crippen molar-refractivity contribution in [1.29, 1.82) is 0 Å². The minimum atomic E-state index is -0.996. The summed E-state index contributed by atoms with van der Waals surface area (Å²) < 4.78 is 0. The van der Waals surface area contributed by atoms with Gasteiger partial charge in [0.05, 0.1) is 5.52 Å². The highest BCUT2D eigenvalue weighted by Gasteiger charge is 2.32. The Balaban J connectivity index is 2.25. The molecule has 1 unspecified atom stereocenters. The number of para-hydroxylation sites is 1. The lowest BCUT2D eigenvalue weighted by atomic mass is 9.81. The van der Waals surface area contributed by atoms with Crippen LogP contribution in [0.2, 0.25) is 0 Å². The number of fused-ring (bicyclic) bond motifs is 1. The molecule has 0 radical (unpaired) electrons. The van der Waals surface area contributed by atoms with Gasteiger partial charge in [-0.05, 0) is 18.1 Å². The molecule has 1 aromatic heterocycles. The third-order valence-electron chi connectivity index (χ3n) is 3.94. The lowest BCUT2D eigenvalue weighted by Crippen LogP contribution is -2.27. The molecule has 1 N–H and O–H groups in total. The Kier molecular flexibility index (Phi) is 3.72. The second kappa shape index (κ2) is 5.66. The summed E-state index contributed by atoms with van der Waals surface area (Å²) in [5, 5.41) is 12.5. The summed E-state index contributed by atoms with van der Waals surface area (Å²) in [5.41, 5.74) is 1.68. The minimum absolute atomic E-state index is 0.673. The van der Waals surface area contributed by atoms with Crippen molar-refractivity contribution in [2.24, 2.45) is 0 Å². The van der Waals surface area contributed by atoms with E-state index in [9.17, 15) is 5.11 Å². The fourth-order valence-corrected chi connectivity index (χ4v) is 2.95. The summed E-state index contributed by atoms with van der Waals surface area (Å²) in [7, 11) is 0. The number of aliphatic hydroxyl groups is 1. The van der Waals surface area contributed by atoms with E-state index in [4.69, 9.17) is 0 Å². The predicted octanol–water partition coefficient (Wildman–Crippen LogP) is 4.27. The molecule has 21 heavy (non-hydrogen) atoms. The predicted molar refractivity (Wildman–Crippen MR) is 86.1 cm³/mol. The first kappa shape index (κ1) is 13.8. The monoisotopic (exact) mass is 277 g/mol. The number of pyridine rings is 1. The van der Waals surface area contributed by atoms with Crippen molar-refractivity contribution in [2.45, 2.75) is 25.4 Å². The number of hydrogen-bond acceptors (Lipinski definition) is 2. The lowest BCUT2D eigenvalue weighted by Gasteiger charge is -2.30. The van der Waals surface area contributed by atoms with Crippen LogP contribution in [0.3, 0.4) is 0 Å². The Morgan fingerprint density at radius 3 is 2.48 bits per heavy atom. The average Bonchev–Trinajstić information content (AvgIpc) is 2.55. The van der Waals surface area contributed by atoms with Gasteiger partial charge in [0.2, 0.25) is 0 Å². The third-order valence-corrected chi connectivity index (χ3v) is 3.94. The fraction of sp³-hybridized carbons (Fsp3) is 0.211. The second-order valence-electron chi connectivity index (χ2n) is 5.36. The summed E-state index contributed by atoms with van der Waals surface area (Å²) in [6, 6.07) is 19.8. The zero-order valence-electron chi connectivity index (χ0n) is 12.2. The van der Waals surface area contributed by atoms with Crippen molar-refractivity contribution in [3.8, 4) is 0 Å². The summed E-state index contributed by atoms with van der Waals surface area (Å²) in [4.78, 5) is 4.50. The molecule has 3 rings (SSSR count). The van der Waals surface area contributed by atoms with Crippen molar-refractivity contribution in [1.82, 2.24) is 4.98 Å². The summed E-state index contributed by atoms with van der Waals surface area (Å²) >= 11 is 0. The normalized spacial score (nSPS) is 14.0. The van der Waals surface area contributed by atoms with Crippen LogP contribution < -0.4 is 0 Å². The molecular weight excluding hydrogens is 258 g/mol. The first-order valence-corrected chi connectivity index (χ1v) is 7.38. The molecule has 2 heteroatoms. The molecule has 3 aromatic rings. The maximum absolute atomic E-state index is 11.4. The number of benzene rings is 2. The summed E-state index contributed by atoms with van der Waals surface area (Å²) in [6.45, 7) is 2.09. The average molecular weight is 277 g/mol. The minimum Gasteiger partial charge on any atom is -0.380 e. The molecule has 0 aliphatic carbocycles. The van der Waals surface area contributed by atoms with E-state index in [0.29, 0.717) is 6.42 Å². The van der Waals surface area contributed by atoms with Gasteiger partial charge in [0.1, 0.15) is 5.60 Å². The molecule has 0 saturated carbocycles. The number of rotatable bonds is 4. The quantitative estimate of drug-likeness (QED) is 0.772. The van der Waals surface area contributed by atoms with Gasteiger partial charge in [-0.3, -0.25) is 4.98 Å². The van der Waals surface area contributed by atoms with Crippen molar-refractivity contribution in [3.05, 3.63) is 78.0 Å². The Morgan fingerprint density at radius 2 is 1.71 bits per heavy atom. The van der Waals surface area contributed by atoms with E-state index in [1.54, 1.807) is 6.20 Å². The van der Waals surface area contributed by atoms with Crippen molar-refractivity contribution in [2.75, 3.05) is 0 Å². The van der Waals surface area contributed by atoms with E-state index in [1.807, 2.05) is 60.7 Å². The topological polar surface area (TPSA) is 33.1 Å². The zero-order valence-corrected chi connectivity index (χ0v) is 12.2. The van der Waals surface area contributed by atoms with E-state index in [1.165, 1.54) is 0 Å². The summed E-state index contributed by atoms with van der Waals surface area (Å²) in [6.07, 6.45) is 3.35. The van der Waals surface area contributed by atoms with Crippen LogP contribution in [-0.2, 0) is 5.60 Å². The lowest BCUT2D eigenvalue weighted by molar-refractivity contribution is 0.0715. The Labute approximate surface area is 125 Å². The molecule has 0 aliphatic heterocycles. The van der Waals surface area contributed by atoms with Crippen LogP contribution >= 0.6 is 0 Å². The SMILES string of the molecule is CCCC(O)(c1ccccc1)c1cccc2cccnc12. The molecular formula is C19H19NO. The van der Waals surface area contributed by atoms with Gasteiger partial charge in [0.25, 0.3) is 0 Å². The van der Waals surface area contributed by atoms with Crippen LogP contribution in [0, 0.1) is 0 Å². The molecule has 0 spiro atoms. The molecule has 0 fully saturated rings. The smallest absolute Gasteiger partial charge is 0.117 e. The standard InChI is InChI=1S/C19H19NO/c1-2-13-19(21,16-10-4-3-5-11-16)17-12-6-8-15-9-7-14-20-18(15)17/h3-12,14,21H,2,13H2,1H3. The van der Waals surface area contributed by atoms with E-state index >= 15 is 0 Å². The third kappa shape index (κ3) is 2.43. The van der Waals surface area contributed by atoms with Gasteiger partial charge in [-0.1, -0.05) is 67.9 Å². The molecule has 0 saturated heterocycles. The first-order chi connectivity index (χ1) is 10.3. The number of aromatic nitrogens is 1. The van der Waals surface area contributed by atoms with Crippen molar-refractivity contribution in [3.63, 3.8) is 0 Å². The van der Waals surface area contributed by atoms with Crippen LogP contribution in [0.25, 0.3) is 10.9 Å². The Hall–Kier alpha value is -2.19. The van der Waals surface area contributed by atoms with Crippen LogP contribution in [0.15, 0.2) is 66.9 Å². The molecule has 1 atom stereocenters. The molecule has 0 aliphatic rings. The van der Waals surface area contributed by atoms with E-state index in [0.717, 1.165) is 28.5 Å². The molecule has 2 aromatic carbocycles. The largest absolute Gasteiger partial charge is 0.380 e. The molecule has 1 heterocycles. The summed E-state index contributed by atoms with van der Waals surface area (Å²) in [5.74, 6) is 0. The van der Waals surface area contributed by atoms with Gasteiger partial charge in [0, 0.05) is 17.1 Å². The van der Waals surface area contributed by atoms with Crippen molar-refractivity contribution >= 4 is 10.9 Å². The number of nitrogens with zero attached hydrogens (tertiary/aromatic N) is 1. The molecule has 106 valence electrons. The second-order valence-corrected chi connectivity index (χ2v) is 5.36. The van der Waals surface area contributed by atoms with Gasteiger partial charge in [-0.15, -0.1) is 0 Å². The highest BCUT2D eigenvalue weighted by Crippen LogP contribution is 2.37. The van der Waals surface area contributed by atoms with Gasteiger partial charge >= 0.3 is 0 Å². The zero-order chi connectivity index (χ0) is 14.7. The molecule has 2 nitrogen and oxygen atoms in total. The maximum atomic E-state index is 11.4.